The fraction of sp³-hybridized carbons (Fsp3) is 0.909. The first-order chi connectivity index (χ1) is 8.40. The van der Waals surface area contributed by atoms with Crippen LogP contribution in [-0.4, -0.2) is 53.8 Å². The molecule has 2 unspecified atom stereocenters. The van der Waals surface area contributed by atoms with Crippen molar-refractivity contribution >= 4 is 14.7 Å². The van der Waals surface area contributed by atoms with Crippen LogP contribution in [0.25, 0.3) is 0 Å². The van der Waals surface area contributed by atoms with E-state index in [1.807, 2.05) is 6.92 Å². The summed E-state index contributed by atoms with van der Waals surface area (Å²) >= 11 is 0. The van der Waals surface area contributed by atoms with Gasteiger partial charge in [0.05, 0.1) is 0 Å². The van der Waals surface area contributed by atoms with Crippen LogP contribution < -0.4 is 5.32 Å². The largest absolute Gasteiger partial charge is 0.500 e. The first kappa shape index (κ1) is 17.5. The zero-order valence-corrected chi connectivity index (χ0v) is 12.9. The summed E-state index contributed by atoms with van der Waals surface area (Å²) in [5.41, 5.74) is 0. The number of hydrogen-bond donors (Lipinski definition) is 2. The van der Waals surface area contributed by atoms with Gasteiger partial charge in [-0.3, -0.25) is 4.79 Å². The number of aliphatic hydroxyl groups is 1. The number of aliphatic hydroxyl groups excluding tert-OH is 1. The van der Waals surface area contributed by atoms with Crippen molar-refractivity contribution in [3.63, 3.8) is 0 Å². The van der Waals surface area contributed by atoms with Gasteiger partial charge in [-0.05, 0) is 19.3 Å². The molecule has 0 radical (unpaired) electrons. The Labute approximate surface area is 110 Å². The van der Waals surface area contributed by atoms with E-state index in [4.69, 9.17) is 18.4 Å². The van der Waals surface area contributed by atoms with Gasteiger partial charge in [-0.1, -0.05) is 6.92 Å². The molecule has 0 aliphatic rings. The lowest BCUT2D eigenvalue weighted by Crippen LogP contribution is -2.43. The second-order valence-electron chi connectivity index (χ2n) is 4.36. The summed E-state index contributed by atoms with van der Waals surface area (Å²) in [7, 11) is 2.23. The van der Waals surface area contributed by atoms with Crippen molar-refractivity contribution in [3.8, 4) is 0 Å². The molecule has 2 N–H and O–H groups in total. The van der Waals surface area contributed by atoms with E-state index in [1.165, 1.54) is 6.92 Å². The fourth-order valence-corrected chi connectivity index (χ4v) is 3.46. The smallest absolute Gasteiger partial charge is 0.384 e. The predicted octanol–water partition coefficient (Wildman–Crippen LogP) is 0.388. The SMILES string of the molecule is CO[Si](CCC(C)CNC(=O)C(C)O)(OC)OC. The van der Waals surface area contributed by atoms with Crippen molar-refractivity contribution < 1.29 is 23.2 Å². The maximum absolute atomic E-state index is 11.2. The predicted molar refractivity (Wildman–Crippen MR) is 70.1 cm³/mol. The zero-order valence-electron chi connectivity index (χ0n) is 11.9. The minimum absolute atomic E-state index is 0.264. The standard InChI is InChI=1S/C11H25NO5Si/c1-9(8-12-11(14)10(2)13)6-7-18(15-3,16-4)17-5/h9-10,13H,6-8H2,1-5H3,(H,12,14). The van der Waals surface area contributed by atoms with E-state index in [-0.39, 0.29) is 11.8 Å². The zero-order chi connectivity index (χ0) is 14.2. The molecule has 7 heteroatoms. The second-order valence-corrected chi connectivity index (χ2v) is 7.45. The lowest BCUT2D eigenvalue weighted by Gasteiger charge is -2.25. The van der Waals surface area contributed by atoms with Crippen molar-refractivity contribution in [1.82, 2.24) is 5.32 Å². The lowest BCUT2D eigenvalue weighted by atomic mass is 10.1. The molecule has 0 aromatic carbocycles. The van der Waals surface area contributed by atoms with Crippen LogP contribution in [0.2, 0.25) is 6.04 Å². The van der Waals surface area contributed by atoms with E-state index in [1.54, 1.807) is 21.3 Å². The molecule has 2 atom stereocenters. The summed E-state index contributed by atoms with van der Waals surface area (Å²) in [6.45, 7) is 3.98. The van der Waals surface area contributed by atoms with Gasteiger partial charge in [-0.2, -0.15) is 0 Å². The Hall–Kier alpha value is -0.473. The van der Waals surface area contributed by atoms with Gasteiger partial charge in [0.1, 0.15) is 6.10 Å². The number of hydrogen-bond acceptors (Lipinski definition) is 5. The number of nitrogens with one attached hydrogen (secondary N) is 1. The molecule has 0 aromatic heterocycles. The van der Waals surface area contributed by atoms with Crippen molar-refractivity contribution in [3.05, 3.63) is 0 Å². The van der Waals surface area contributed by atoms with Crippen molar-refractivity contribution in [2.45, 2.75) is 32.4 Å². The molecule has 6 nitrogen and oxygen atoms in total. The fourth-order valence-electron chi connectivity index (χ4n) is 1.50. The third-order valence-corrected chi connectivity index (χ3v) is 5.65. The molecule has 0 saturated carbocycles. The molecule has 0 aliphatic heterocycles. The van der Waals surface area contributed by atoms with Crippen molar-refractivity contribution in [1.29, 1.82) is 0 Å². The van der Waals surface area contributed by atoms with E-state index in [0.29, 0.717) is 12.6 Å². The van der Waals surface area contributed by atoms with E-state index in [0.717, 1.165) is 6.42 Å². The van der Waals surface area contributed by atoms with Crippen LogP contribution in [-0.2, 0) is 18.1 Å². The Kier molecular flexibility index (Phi) is 8.37. The summed E-state index contributed by atoms with van der Waals surface area (Å²) in [6, 6.07) is 0.697. The average molecular weight is 279 g/mol. The second kappa shape index (κ2) is 8.60. The third kappa shape index (κ3) is 5.92. The first-order valence-electron chi connectivity index (χ1n) is 6.02. The van der Waals surface area contributed by atoms with E-state index in [2.05, 4.69) is 5.32 Å². The van der Waals surface area contributed by atoms with Gasteiger partial charge in [0.2, 0.25) is 5.91 Å². The Morgan fingerprint density at radius 2 is 1.72 bits per heavy atom. The van der Waals surface area contributed by atoms with Gasteiger partial charge < -0.3 is 23.7 Å². The Bertz CT molecular complexity index is 237. The van der Waals surface area contributed by atoms with Gasteiger partial charge >= 0.3 is 8.80 Å². The molecule has 0 heterocycles. The molecule has 0 aromatic rings. The lowest BCUT2D eigenvalue weighted by molar-refractivity contribution is -0.128. The summed E-state index contributed by atoms with van der Waals surface area (Å²) in [5, 5.41) is 11.7. The van der Waals surface area contributed by atoms with Gasteiger partial charge in [0.15, 0.2) is 0 Å². The summed E-state index contributed by atoms with van der Waals surface area (Å²) < 4.78 is 16.0. The summed E-state index contributed by atoms with van der Waals surface area (Å²) in [6.07, 6.45) is -0.149. The van der Waals surface area contributed by atoms with Crippen LogP contribution in [0.5, 0.6) is 0 Å². The molecule has 1 amide bonds. The number of amides is 1. The van der Waals surface area contributed by atoms with E-state index in [9.17, 15) is 4.79 Å². The summed E-state index contributed by atoms with van der Waals surface area (Å²) in [5.74, 6) is -0.0874. The van der Waals surface area contributed by atoms with Crippen LogP contribution in [0.3, 0.4) is 0 Å². The molecule has 108 valence electrons. The molecule has 0 bridgehead atoms. The van der Waals surface area contributed by atoms with Gasteiger partial charge in [-0.15, -0.1) is 0 Å². The first-order valence-corrected chi connectivity index (χ1v) is 7.95. The highest BCUT2D eigenvalue weighted by Crippen LogP contribution is 2.18. The molecular weight excluding hydrogens is 254 g/mol. The molecule has 18 heavy (non-hydrogen) atoms. The highest BCUT2D eigenvalue weighted by atomic mass is 28.4. The highest BCUT2D eigenvalue weighted by molar-refractivity contribution is 6.60. The molecule has 0 saturated heterocycles. The molecule has 0 aliphatic carbocycles. The van der Waals surface area contributed by atoms with Crippen molar-refractivity contribution in [2.24, 2.45) is 5.92 Å². The Balaban J connectivity index is 4.02. The van der Waals surface area contributed by atoms with Crippen LogP contribution in [0, 0.1) is 5.92 Å². The van der Waals surface area contributed by atoms with Gasteiger partial charge in [-0.25, -0.2) is 0 Å². The van der Waals surface area contributed by atoms with E-state index >= 15 is 0 Å². The summed E-state index contributed by atoms with van der Waals surface area (Å²) in [4.78, 5) is 11.2. The molecule has 0 fully saturated rings. The normalized spacial score (nSPS) is 15.2. The number of carbonyl (C=O) groups excluding carboxylic acids is 1. The molecular formula is C11H25NO5Si. The van der Waals surface area contributed by atoms with Crippen LogP contribution in [0.15, 0.2) is 0 Å². The number of carbonyl (C=O) groups is 1. The highest BCUT2D eigenvalue weighted by Gasteiger charge is 2.37. The Morgan fingerprint density at radius 1 is 1.22 bits per heavy atom. The maximum atomic E-state index is 11.2. The Morgan fingerprint density at radius 3 is 2.11 bits per heavy atom. The molecule has 0 rings (SSSR count). The quantitative estimate of drug-likeness (QED) is 0.597. The number of rotatable bonds is 9. The van der Waals surface area contributed by atoms with Crippen LogP contribution >= 0.6 is 0 Å². The molecule has 0 spiro atoms. The maximum Gasteiger partial charge on any atom is 0.500 e. The van der Waals surface area contributed by atoms with E-state index < -0.39 is 14.9 Å². The topological polar surface area (TPSA) is 77.0 Å². The third-order valence-electron chi connectivity index (χ3n) is 2.88. The van der Waals surface area contributed by atoms with Crippen LogP contribution in [0.1, 0.15) is 20.3 Å². The van der Waals surface area contributed by atoms with Crippen LogP contribution in [0.4, 0.5) is 0 Å². The monoisotopic (exact) mass is 279 g/mol. The minimum Gasteiger partial charge on any atom is -0.384 e. The average Bonchev–Trinajstić information content (AvgIpc) is 2.38. The van der Waals surface area contributed by atoms with Crippen molar-refractivity contribution in [2.75, 3.05) is 27.9 Å². The van der Waals surface area contributed by atoms with Gasteiger partial charge in [0, 0.05) is 33.9 Å². The minimum atomic E-state index is -2.52. The van der Waals surface area contributed by atoms with Gasteiger partial charge in [0.25, 0.3) is 0 Å².